The van der Waals surface area contributed by atoms with Gasteiger partial charge >= 0.3 is 12.4 Å². The van der Waals surface area contributed by atoms with E-state index in [1.54, 1.807) is 12.4 Å². The molecule has 372 valence electrons. The van der Waals surface area contributed by atoms with Gasteiger partial charge < -0.3 is 24.4 Å². The molecule has 6 rings (SSSR count). The molecule has 0 saturated carbocycles. The maximum absolute atomic E-state index is 12.4. The molecule has 69 heavy (non-hydrogen) atoms. The molecule has 0 aliphatic heterocycles. The Bertz CT molecular complexity index is 2310. The zero-order valence-electron chi connectivity index (χ0n) is 39.8. The number of aromatic hydroxyl groups is 1. The van der Waals surface area contributed by atoms with Gasteiger partial charge in [0.2, 0.25) is 0 Å². The third-order valence-corrected chi connectivity index (χ3v) is 17.6. The number of rotatable bonds is 22. The Balaban J connectivity index is 0.000000251. The van der Waals surface area contributed by atoms with Crippen LogP contribution < -0.4 is 14.2 Å². The highest BCUT2D eigenvalue weighted by atomic mass is 28.3. The minimum Gasteiger partial charge on any atom is -0.505 e. The summed E-state index contributed by atoms with van der Waals surface area (Å²) in [5.74, 6) is 3.38. The van der Waals surface area contributed by atoms with Gasteiger partial charge in [0, 0.05) is 46.7 Å². The lowest BCUT2D eigenvalue weighted by Crippen LogP contribution is -2.27. The van der Waals surface area contributed by atoms with Crippen molar-refractivity contribution in [2.75, 3.05) is 13.2 Å². The lowest BCUT2D eigenvalue weighted by molar-refractivity contribution is -0.131. The van der Waals surface area contributed by atoms with Crippen LogP contribution in [-0.2, 0) is 13.2 Å². The first-order valence-electron chi connectivity index (χ1n) is 23.0. The summed E-state index contributed by atoms with van der Waals surface area (Å²) in [6.45, 7) is 9.70. The van der Waals surface area contributed by atoms with E-state index in [2.05, 4.69) is 19.9 Å². The fourth-order valence-corrected chi connectivity index (χ4v) is 11.5. The SMILES string of the molecule is C[Si](C)(CCCCO)CCC(F)(F)F.C[Si](C)(CCCCOc1cnc(-c2ccc(OCc3ccccc3)cc2)nc1)CCC(F)(F)F.Oc1cnc(-c2ccc(OCc3ccccc3)cc2)nc1. The molecule has 0 atom stereocenters. The third-order valence-electron chi connectivity index (χ3n) is 10.9. The van der Waals surface area contributed by atoms with Crippen LogP contribution in [0.25, 0.3) is 22.8 Å². The molecular formula is C52H64F6N4O5Si2. The quantitative estimate of drug-likeness (QED) is 0.0389. The van der Waals surface area contributed by atoms with Gasteiger partial charge in [-0.25, -0.2) is 19.9 Å². The van der Waals surface area contributed by atoms with Crippen LogP contribution in [0.3, 0.4) is 0 Å². The maximum atomic E-state index is 12.4. The largest absolute Gasteiger partial charge is 0.505 e. The van der Waals surface area contributed by atoms with Gasteiger partial charge in [-0.3, -0.25) is 0 Å². The van der Waals surface area contributed by atoms with E-state index < -0.39 is 41.3 Å². The second kappa shape index (κ2) is 28.0. The van der Waals surface area contributed by atoms with Crippen molar-refractivity contribution >= 4 is 16.1 Å². The Hall–Kier alpha value is -5.79. The number of nitrogens with zero attached hydrogens (tertiary/aromatic N) is 4. The van der Waals surface area contributed by atoms with Crippen molar-refractivity contribution < 1.29 is 50.8 Å². The average molecular weight is 995 g/mol. The zero-order chi connectivity index (χ0) is 50.2. The van der Waals surface area contributed by atoms with Crippen molar-refractivity contribution in [3.8, 4) is 45.8 Å². The van der Waals surface area contributed by atoms with E-state index in [4.69, 9.17) is 19.3 Å². The summed E-state index contributed by atoms with van der Waals surface area (Å²) in [7, 11) is -3.50. The summed E-state index contributed by atoms with van der Waals surface area (Å²) in [5, 5.41) is 17.7. The van der Waals surface area contributed by atoms with E-state index in [9.17, 15) is 31.4 Å². The summed E-state index contributed by atoms with van der Waals surface area (Å²) >= 11 is 0. The third kappa shape index (κ3) is 23.9. The number of ether oxygens (including phenoxy) is 3. The van der Waals surface area contributed by atoms with Gasteiger partial charge in [-0.2, -0.15) is 26.3 Å². The van der Waals surface area contributed by atoms with Gasteiger partial charge in [-0.15, -0.1) is 0 Å². The molecule has 0 radical (unpaired) electrons. The van der Waals surface area contributed by atoms with Crippen molar-refractivity contribution in [3.63, 3.8) is 0 Å². The van der Waals surface area contributed by atoms with E-state index in [0.29, 0.717) is 49.7 Å². The second-order valence-corrected chi connectivity index (χ2v) is 28.8. The van der Waals surface area contributed by atoms with Crippen LogP contribution in [0.2, 0.25) is 50.4 Å². The van der Waals surface area contributed by atoms with Gasteiger partial charge in [0.25, 0.3) is 0 Å². The fourth-order valence-electron chi connectivity index (χ4n) is 6.71. The number of aromatic nitrogens is 4. The first-order valence-corrected chi connectivity index (χ1v) is 29.9. The maximum Gasteiger partial charge on any atom is 0.388 e. The highest BCUT2D eigenvalue weighted by Gasteiger charge is 2.32. The van der Waals surface area contributed by atoms with Gasteiger partial charge in [-0.05, 0) is 84.6 Å². The lowest BCUT2D eigenvalue weighted by atomic mass is 10.2. The summed E-state index contributed by atoms with van der Waals surface area (Å²) in [5.41, 5.74) is 3.99. The minimum atomic E-state index is -4.06. The van der Waals surface area contributed by atoms with Gasteiger partial charge in [0.05, 0.1) is 31.4 Å². The van der Waals surface area contributed by atoms with Gasteiger partial charge in [-0.1, -0.05) is 112 Å². The van der Waals surface area contributed by atoms with Crippen LogP contribution in [0.15, 0.2) is 134 Å². The van der Waals surface area contributed by atoms with E-state index in [1.165, 1.54) is 12.4 Å². The number of alkyl halides is 6. The molecule has 0 bridgehead atoms. The number of hydrogen-bond acceptors (Lipinski definition) is 9. The Morgan fingerprint density at radius 2 is 0.855 bits per heavy atom. The van der Waals surface area contributed by atoms with Crippen LogP contribution in [0.4, 0.5) is 26.3 Å². The van der Waals surface area contributed by atoms with Crippen molar-refractivity contribution in [2.45, 2.75) is 114 Å². The van der Waals surface area contributed by atoms with Gasteiger partial charge in [0.15, 0.2) is 23.1 Å². The molecule has 0 amide bonds. The molecule has 2 aromatic heterocycles. The molecule has 0 fully saturated rings. The Labute approximate surface area is 404 Å². The van der Waals surface area contributed by atoms with Crippen LogP contribution in [0.5, 0.6) is 23.0 Å². The number of hydrogen-bond donors (Lipinski definition) is 2. The molecule has 0 aliphatic rings. The molecule has 0 spiro atoms. The molecule has 0 aliphatic carbocycles. The normalized spacial score (nSPS) is 11.7. The van der Waals surface area contributed by atoms with E-state index >= 15 is 0 Å². The minimum absolute atomic E-state index is 0.0570. The highest BCUT2D eigenvalue weighted by molar-refractivity contribution is 6.77. The van der Waals surface area contributed by atoms with Crippen LogP contribution in [0.1, 0.15) is 49.7 Å². The van der Waals surface area contributed by atoms with E-state index in [-0.39, 0.29) is 18.4 Å². The van der Waals surface area contributed by atoms with E-state index in [0.717, 1.165) is 65.1 Å². The first kappa shape index (κ1) is 55.8. The van der Waals surface area contributed by atoms with Crippen LogP contribution >= 0.6 is 0 Å². The second-order valence-electron chi connectivity index (χ2n) is 18.1. The number of aliphatic hydroxyl groups excluding tert-OH is 1. The highest BCUT2D eigenvalue weighted by Crippen LogP contribution is 2.30. The number of aliphatic hydroxyl groups is 1. The number of unbranched alkanes of at least 4 members (excludes halogenated alkanes) is 2. The smallest absolute Gasteiger partial charge is 0.388 e. The molecule has 9 nitrogen and oxygen atoms in total. The van der Waals surface area contributed by atoms with Crippen LogP contribution in [-0.4, -0.2) is 71.9 Å². The van der Waals surface area contributed by atoms with Crippen molar-refractivity contribution in [1.29, 1.82) is 0 Å². The van der Waals surface area contributed by atoms with Gasteiger partial charge in [0.1, 0.15) is 24.7 Å². The molecule has 0 unspecified atom stereocenters. The Morgan fingerprint density at radius 3 is 1.25 bits per heavy atom. The molecular weight excluding hydrogens is 931 g/mol. The average Bonchev–Trinajstić information content (AvgIpc) is 3.33. The predicted molar refractivity (Wildman–Crippen MR) is 265 cm³/mol. The standard InChI is InChI=1S/C26H31F3N2O2Si.C17H14N2O2.C9H19F3OSi/c1-34(2,17-14-26(27,28)29)16-7-6-15-32-24-18-30-25(31-19-24)22-10-12-23(13-11-22)33-20-21-8-4-3-5-9-21;20-15-10-18-17(19-11-15)14-6-8-16(9-7-14)21-12-13-4-2-1-3-5-13;1-14(2,7-4-3-6-13)8-5-9(10,11)12/h3-5,8-13,18-19H,6-7,14-17,20H2,1-2H3;1-11,20H,12H2;13H,3-8H2,1-2H3. The lowest BCUT2D eigenvalue weighted by Gasteiger charge is -2.23. The zero-order valence-corrected chi connectivity index (χ0v) is 41.8. The predicted octanol–water partition coefficient (Wildman–Crippen LogP) is 14.4. The van der Waals surface area contributed by atoms with Crippen molar-refractivity contribution in [1.82, 2.24) is 19.9 Å². The molecule has 17 heteroatoms. The van der Waals surface area contributed by atoms with E-state index in [1.807, 2.05) is 135 Å². The Kier molecular flexibility index (Phi) is 22.7. The number of benzene rings is 4. The Morgan fingerprint density at radius 1 is 0.464 bits per heavy atom. The molecule has 6 aromatic rings. The van der Waals surface area contributed by atoms with Crippen molar-refractivity contribution in [3.05, 3.63) is 145 Å². The molecule has 0 saturated heterocycles. The number of halogens is 6. The molecule has 4 aromatic carbocycles. The summed E-state index contributed by atoms with van der Waals surface area (Å²) in [6, 6.07) is 37.5. The van der Waals surface area contributed by atoms with Crippen LogP contribution in [0, 0.1) is 0 Å². The summed E-state index contributed by atoms with van der Waals surface area (Å²) < 4.78 is 90.4. The molecule has 2 N–H and O–H groups in total. The first-order chi connectivity index (χ1) is 32.8. The monoisotopic (exact) mass is 994 g/mol. The summed E-state index contributed by atoms with van der Waals surface area (Å²) in [6.07, 6.45) is -0.113. The van der Waals surface area contributed by atoms with Crippen molar-refractivity contribution in [2.24, 2.45) is 0 Å². The summed E-state index contributed by atoms with van der Waals surface area (Å²) in [4.78, 5) is 16.9. The fraction of sp³-hybridized carbons (Fsp3) is 0.385. The topological polar surface area (TPSA) is 120 Å². The molecule has 2 heterocycles.